The molecule has 6 atom stereocenters. The predicted molar refractivity (Wildman–Crippen MR) is 87.9 cm³/mol. The number of aromatic hydroxyl groups is 1. The van der Waals surface area contributed by atoms with Crippen molar-refractivity contribution in [1.82, 2.24) is 0 Å². The lowest BCUT2D eigenvalue weighted by atomic mass is 9.54. The quantitative estimate of drug-likeness (QED) is 0.733. The summed E-state index contributed by atoms with van der Waals surface area (Å²) in [5.41, 5.74) is 2.65. The highest BCUT2D eigenvalue weighted by molar-refractivity contribution is 5.42. The van der Waals surface area contributed by atoms with Crippen molar-refractivity contribution in [2.24, 2.45) is 23.1 Å². The topological polar surface area (TPSA) is 75.7 Å². The van der Waals surface area contributed by atoms with Crippen molar-refractivity contribution >= 4 is 0 Å². The Morgan fingerprint density at radius 3 is 2.87 bits per heavy atom. The third-order valence-corrected chi connectivity index (χ3v) is 7.15. The summed E-state index contributed by atoms with van der Waals surface area (Å²) in [4.78, 5) is 4.98. The summed E-state index contributed by atoms with van der Waals surface area (Å²) in [5.74, 6) is 7.65. The van der Waals surface area contributed by atoms with Crippen molar-refractivity contribution in [2.45, 2.75) is 57.0 Å². The molecule has 4 rings (SSSR count). The second-order valence-electron chi connectivity index (χ2n) is 8.09. The number of aliphatic hydroxyl groups is 1. The van der Waals surface area contributed by atoms with Crippen molar-refractivity contribution in [3.8, 4) is 5.75 Å². The minimum absolute atomic E-state index is 0.0731. The SMILES string of the molecule is C[C@]12CC[C@@H]3c4ccc(O)cc4C(CON)C[C@H]3[C@@H]1CCC2O. The Morgan fingerprint density at radius 1 is 1.26 bits per heavy atom. The summed E-state index contributed by atoms with van der Waals surface area (Å²) in [6, 6.07) is 5.80. The fourth-order valence-corrected chi connectivity index (χ4v) is 5.96. The number of aliphatic hydroxyl groups excluding tert-OH is 1. The lowest BCUT2D eigenvalue weighted by Crippen LogP contribution is -2.44. The first kappa shape index (κ1) is 15.4. The van der Waals surface area contributed by atoms with Gasteiger partial charge in [-0.2, -0.15) is 0 Å². The Bertz CT molecular complexity index is 604. The van der Waals surface area contributed by atoms with Crippen LogP contribution in [0, 0.1) is 17.3 Å². The number of fused-ring (bicyclic) bond motifs is 5. The maximum Gasteiger partial charge on any atom is 0.115 e. The van der Waals surface area contributed by atoms with E-state index in [0.29, 0.717) is 30.1 Å². The first-order valence-electron chi connectivity index (χ1n) is 8.87. The molecule has 2 saturated carbocycles. The van der Waals surface area contributed by atoms with Gasteiger partial charge in [0.25, 0.3) is 0 Å². The third kappa shape index (κ3) is 2.23. The molecular formula is C19H27NO3. The number of rotatable bonds is 2. The van der Waals surface area contributed by atoms with Crippen LogP contribution in [0.3, 0.4) is 0 Å². The minimum atomic E-state index is -0.154. The number of nitrogens with two attached hydrogens (primary N) is 1. The highest BCUT2D eigenvalue weighted by Gasteiger charge is 2.55. The van der Waals surface area contributed by atoms with E-state index in [-0.39, 0.29) is 17.4 Å². The Morgan fingerprint density at radius 2 is 2.09 bits per heavy atom. The van der Waals surface area contributed by atoms with E-state index in [1.807, 2.05) is 6.07 Å². The third-order valence-electron chi connectivity index (χ3n) is 7.15. The molecule has 126 valence electrons. The lowest BCUT2D eigenvalue weighted by Gasteiger charge is -2.51. The summed E-state index contributed by atoms with van der Waals surface area (Å²) in [5, 5.41) is 20.4. The van der Waals surface area contributed by atoms with E-state index in [2.05, 4.69) is 13.0 Å². The van der Waals surface area contributed by atoms with E-state index in [0.717, 1.165) is 32.1 Å². The van der Waals surface area contributed by atoms with Crippen molar-refractivity contribution < 1.29 is 15.1 Å². The summed E-state index contributed by atoms with van der Waals surface area (Å²) in [6.45, 7) is 2.78. The van der Waals surface area contributed by atoms with Crippen LogP contribution in [-0.4, -0.2) is 22.9 Å². The highest BCUT2D eigenvalue weighted by atomic mass is 16.6. The standard InChI is InChI=1S/C19H27NO3/c1-19-7-6-14-13-3-2-12(21)9-15(13)11(10-23-20)8-16(14)17(19)4-5-18(19)22/h2-3,9,11,14,16-18,21-22H,4-8,10,20H2,1H3/t11?,14-,16-,17+,18?,19+/m1/s1. The molecule has 0 saturated heterocycles. The zero-order valence-corrected chi connectivity index (χ0v) is 13.7. The van der Waals surface area contributed by atoms with Gasteiger partial charge < -0.3 is 15.1 Å². The molecule has 0 radical (unpaired) electrons. The van der Waals surface area contributed by atoms with Crippen molar-refractivity contribution in [2.75, 3.05) is 6.61 Å². The van der Waals surface area contributed by atoms with Gasteiger partial charge in [-0.05, 0) is 78.5 Å². The average molecular weight is 317 g/mol. The van der Waals surface area contributed by atoms with Gasteiger partial charge in [-0.3, -0.25) is 0 Å². The van der Waals surface area contributed by atoms with E-state index < -0.39 is 0 Å². The maximum absolute atomic E-state index is 10.5. The Labute approximate surface area is 137 Å². The number of benzene rings is 1. The van der Waals surface area contributed by atoms with Gasteiger partial charge in [-0.25, -0.2) is 5.90 Å². The fourth-order valence-electron chi connectivity index (χ4n) is 5.96. The van der Waals surface area contributed by atoms with E-state index >= 15 is 0 Å². The van der Waals surface area contributed by atoms with Crippen molar-refractivity contribution in [3.05, 3.63) is 29.3 Å². The minimum Gasteiger partial charge on any atom is -0.508 e. The lowest BCUT2D eigenvalue weighted by molar-refractivity contribution is -0.0283. The first-order valence-corrected chi connectivity index (χ1v) is 8.87. The molecule has 23 heavy (non-hydrogen) atoms. The van der Waals surface area contributed by atoms with Crippen LogP contribution >= 0.6 is 0 Å². The largest absolute Gasteiger partial charge is 0.508 e. The predicted octanol–water partition coefficient (Wildman–Crippen LogP) is 3.04. The van der Waals surface area contributed by atoms with Gasteiger partial charge >= 0.3 is 0 Å². The molecule has 3 aliphatic carbocycles. The van der Waals surface area contributed by atoms with Crippen molar-refractivity contribution in [1.29, 1.82) is 0 Å². The summed E-state index contributed by atoms with van der Waals surface area (Å²) in [6.07, 6.45) is 5.18. The Hall–Kier alpha value is -1.10. The number of hydrogen-bond donors (Lipinski definition) is 3. The maximum atomic E-state index is 10.5. The highest BCUT2D eigenvalue weighted by Crippen LogP contribution is 2.62. The van der Waals surface area contributed by atoms with Gasteiger partial charge in [-0.1, -0.05) is 13.0 Å². The van der Waals surface area contributed by atoms with Gasteiger partial charge in [0, 0.05) is 5.92 Å². The smallest absolute Gasteiger partial charge is 0.115 e. The van der Waals surface area contributed by atoms with Gasteiger partial charge in [0.2, 0.25) is 0 Å². The molecule has 0 aromatic heterocycles. The number of hydrogen-bond acceptors (Lipinski definition) is 4. The molecule has 1 aromatic rings. The summed E-state index contributed by atoms with van der Waals surface area (Å²) in [7, 11) is 0. The fraction of sp³-hybridized carbons (Fsp3) is 0.684. The normalized spacial score (nSPS) is 42.0. The summed E-state index contributed by atoms with van der Waals surface area (Å²) < 4.78 is 0. The van der Waals surface area contributed by atoms with Crippen LogP contribution in [0.2, 0.25) is 0 Å². The molecule has 4 nitrogen and oxygen atoms in total. The van der Waals surface area contributed by atoms with Crippen LogP contribution in [0.5, 0.6) is 5.75 Å². The zero-order valence-electron chi connectivity index (χ0n) is 13.7. The van der Waals surface area contributed by atoms with Crippen LogP contribution in [0.1, 0.15) is 62.0 Å². The number of phenols is 1. The van der Waals surface area contributed by atoms with Crippen LogP contribution in [0.25, 0.3) is 0 Å². The molecule has 4 heteroatoms. The van der Waals surface area contributed by atoms with Crippen LogP contribution in [0.4, 0.5) is 0 Å². The molecule has 0 amide bonds. The van der Waals surface area contributed by atoms with Gasteiger partial charge in [0.1, 0.15) is 5.75 Å². The molecule has 4 N–H and O–H groups in total. The number of phenolic OH excluding ortho intramolecular Hbond substituents is 1. The molecule has 2 unspecified atom stereocenters. The Balaban J connectivity index is 1.74. The Kier molecular flexibility index (Phi) is 3.67. The molecular weight excluding hydrogens is 290 g/mol. The van der Waals surface area contributed by atoms with Crippen LogP contribution in [0.15, 0.2) is 18.2 Å². The van der Waals surface area contributed by atoms with Crippen molar-refractivity contribution in [3.63, 3.8) is 0 Å². The molecule has 0 aliphatic heterocycles. The van der Waals surface area contributed by atoms with E-state index in [1.54, 1.807) is 6.07 Å². The van der Waals surface area contributed by atoms with Crippen LogP contribution in [-0.2, 0) is 4.84 Å². The van der Waals surface area contributed by atoms with Gasteiger partial charge in [0.05, 0.1) is 12.7 Å². The molecule has 0 heterocycles. The second kappa shape index (κ2) is 5.47. The molecule has 0 bridgehead atoms. The van der Waals surface area contributed by atoms with Gasteiger partial charge in [-0.15, -0.1) is 0 Å². The van der Waals surface area contributed by atoms with Gasteiger partial charge in [0.15, 0.2) is 0 Å². The van der Waals surface area contributed by atoms with E-state index in [4.69, 9.17) is 10.7 Å². The molecule has 3 aliphatic rings. The molecule has 1 aromatic carbocycles. The monoisotopic (exact) mass is 317 g/mol. The molecule has 0 spiro atoms. The van der Waals surface area contributed by atoms with E-state index in [9.17, 15) is 10.2 Å². The van der Waals surface area contributed by atoms with E-state index in [1.165, 1.54) is 11.1 Å². The average Bonchev–Trinajstić information content (AvgIpc) is 2.83. The second-order valence-corrected chi connectivity index (χ2v) is 8.09. The van der Waals surface area contributed by atoms with Crippen LogP contribution < -0.4 is 5.90 Å². The first-order chi connectivity index (χ1) is 11.0. The zero-order chi connectivity index (χ0) is 16.2. The molecule has 2 fully saturated rings. The summed E-state index contributed by atoms with van der Waals surface area (Å²) >= 11 is 0.